The van der Waals surface area contributed by atoms with Gasteiger partial charge in [0.2, 0.25) is 0 Å². The van der Waals surface area contributed by atoms with Crippen molar-refractivity contribution in [3.8, 4) is 0 Å². The summed E-state index contributed by atoms with van der Waals surface area (Å²) in [5.74, 6) is 0. The average Bonchev–Trinajstić information content (AvgIpc) is 2.92. The minimum atomic E-state index is 0.719. The van der Waals surface area contributed by atoms with Crippen molar-refractivity contribution in [3.05, 3.63) is 15.5 Å². The van der Waals surface area contributed by atoms with Crippen molar-refractivity contribution >= 4 is 22.9 Å². The second kappa shape index (κ2) is 5.45. The normalized spacial score (nSPS) is 31.2. The molecule has 18 heavy (non-hydrogen) atoms. The van der Waals surface area contributed by atoms with Gasteiger partial charge in [-0.3, -0.25) is 4.90 Å². The van der Waals surface area contributed by atoms with Gasteiger partial charge in [0.05, 0.1) is 12.7 Å². The fraction of sp³-hybridized carbons (Fsp3) is 0.769. The van der Waals surface area contributed by atoms with Gasteiger partial charge < -0.3 is 5.32 Å². The molecule has 2 aliphatic rings. The Balaban J connectivity index is 1.65. The number of hydrogen-bond acceptors (Lipinski definition) is 4. The smallest absolute Gasteiger partial charge is 0.113 e. The van der Waals surface area contributed by atoms with E-state index in [1.807, 2.05) is 0 Å². The van der Waals surface area contributed by atoms with Gasteiger partial charge in [-0.05, 0) is 32.2 Å². The van der Waals surface area contributed by atoms with Crippen molar-refractivity contribution < 1.29 is 0 Å². The van der Waals surface area contributed by atoms with Gasteiger partial charge in [-0.25, -0.2) is 4.98 Å². The van der Waals surface area contributed by atoms with Crippen LogP contribution in [0.15, 0.2) is 6.20 Å². The summed E-state index contributed by atoms with van der Waals surface area (Å²) in [6, 6.07) is 2.22. The molecule has 1 aromatic heterocycles. The Morgan fingerprint density at radius 3 is 2.72 bits per heavy atom. The first-order chi connectivity index (χ1) is 8.74. The van der Waals surface area contributed by atoms with Crippen molar-refractivity contribution in [2.24, 2.45) is 0 Å². The first kappa shape index (κ1) is 12.9. The number of hydrogen-bond donors (Lipinski definition) is 1. The zero-order chi connectivity index (χ0) is 12.5. The Bertz CT molecular complexity index is 397. The number of aromatic nitrogens is 1. The summed E-state index contributed by atoms with van der Waals surface area (Å²) in [6.07, 6.45) is 7.08. The standard InChI is InChI=1S/C13H20ClN3S/c1-2-17(8-13-15-7-12(14)18-13)11-5-9-3-4-10(6-11)16-9/h7,9-11,16H,2-6,8H2,1H3. The Kier molecular flexibility index (Phi) is 3.89. The largest absolute Gasteiger partial charge is 0.311 e. The first-order valence-corrected chi connectivity index (χ1v) is 8.04. The van der Waals surface area contributed by atoms with Gasteiger partial charge in [0.15, 0.2) is 0 Å². The Hall–Kier alpha value is -0.160. The predicted octanol–water partition coefficient (Wildman–Crippen LogP) is 2.90. The lowest BCUT2D eigenvalue weighted by Gasteiger charge is -2.36. The molecule has 2 saturated heterocycles. The number of piperidine rings is 1. The second-order valence-corrected chi connectivity index (χ2v) is 7.13. The number of halogens is 1. The van der Waals surface area contributed by atoms with Crippen LogP contribution in [0.25, 0.3) is 0 Å². The Morgan fingerprint density at radius 1 is 1.44 bits per heavy atom. The fourth-order valence-corrected chi connectivity index (χ4v) is 4.34. The number of nitrogens with zero attached hydrogens (tertiary/aromatic N) is 2. The molecule has 2 bridgehead atoms. The molecular weight excluding hydrogens is 266 g/mol. The van der Waals surface area contributed by atoms with E-state index in [1.54, 1.807) is 17.5 Å². The summed E-state index contributed by atoms with van der Waals surface area (Å²) in [5, 5.41) is 4.85. The van der Waals surface area contributed by atoms with Gasteiger partial charge in [-0.1, -0.05) is 18.5 Å². The minimum absolute atomic E-state index is 0.719. The molecule has 0 spiro atoms. The highest BCUT2D eigenvalue weighted by molar-refractivity contribution is 7.15. The van der Waals surface area contributed by atoms with E-state index < -0.39 is 0 Å². The summed E-state index contributed by atoms with van der Waals surface area (Å²) in [4.78, 5) is 6.95. The van der Waals surface area contributed by atoms with E-state index >= 15 is 0 Å². The third-order valence-corrected chi connectivity index (χ3v) is 5.33. The molecule has 0 saturated carbocycles. The van der Waals surface area contributed by atoms with Crippen molar-refractivity contribution in [3.63, 3.8) is 0 Å². The SMILES string of the molecule is CCN(Cc1ncc(Cl)s1)C1CC2CCC(C1)N2. The van der Waals surface area contributed by atoms with Gasteiger partial charge in [-0.15, -0.1) is 11.3 Å². The monoisotopic (exact) mass is 285 g/mol. The minimum Gasteiger partial charge on any atom is -0.311 e. The van der Waals surface area contributed by atoms with Crippen molar-refractivity contribution in [2.75, 3.05) is 6.54 Å². The molecule has 1 N–H and O–H groups in total. The summed E-state index contributed by atoms with van der Waals surface area (Å²) in [6.45, 7) is 4.30. The third kappa shape index (κ3) is 2.72. The highest BCUT2D eigenvalue weighted by atomic mass is 35.5. The van der Waals surface area contributed by atoms with Crippen LogP contribution < -0.4 is 5.32 Å². The quantitative estimate of drug-likeness (QED) is 0.922. The maximum absolute atomic E-state index is 5.96. The van der Waals surface area contributed by atoms with Gasteiger partial charge in [0, 0.05) is 18.1 Å². The topological polar surface area (TPSA) is 28.2 Å². The molecule has 3 nitrogen and oxygen atoms in total. The van der Waals surface area contributed by atoms with Crippen LogP contribution in [0.2, 0.25) is 4.34 Å². The zero-order valence-corrected chi connectivity index (χ0v) is 12.3. The lowest BCUT2D eigenvalue weighted by Crippen LogP contribution is -2.47. The lowest BCUT2D eigenvalue weighted by molar-refractivity contribution is 0.140. The summed E-state index contributed by atoms with van der Waals surface area (Å²) >= 11 is 7.57. The molecule has 2 unspecified atom stereocenters. The fourth-order valence-electron chi connectivity index (χ4n) is 3.36. The van der Waals surface area contributed by atoms with Crippen LogP contribution in [0, 0.1) is 0 Å². The predicted molar refractivity (Wildman–Crippen MR) is 76.2 cm³/mol. The number of fused-ring (bicyclic) bond motifs is 2. The van der Waals surface area contributed by atoms with E-state index in [0.29, 0.717) is 0 Å². The highest BCUT2D eigenvalue weighted by Gasteiger charge is 2.35. The van der Waals surface area contributed by atoms with E-state index in [4.69, 9.17) is 11.6 Å². The Morgan fingerprint density at radius 2 is 2.17 bits per heavy atom. The summed E-state index contributed by atoms with van der Waals surface area (Å²) in [7, 11) is 0. The van der Waals surface area contributed by atoms with Crippen LogP contribution in [-0.2, 0) is 6.54 Å². The van der Waals surface area contributed by atoms with Crippen molar-refractivity contribution in [1.29, 1.82) is 0 Å². The van der Waals surface area contributed by atoms with Crippen molar-refractivity contribution in [2.45, 2.75) is 57.3 Å². The van der Waals surface area contributed by atoms with Crippen LogP contribution >= 0.6 is 22.9 Å². The molecule has 5 heteroatoms. The van der Waals surface area contributed by atoms with Crippen molar-refractivity contribution in [1.82, 2.24) is 15.2 Å². The molecule has 2 aliphatic heterocycles. The van der Waals surface area contributed by atoms with E-state index in [0.717, 1.165) is 40.6 Å². The lowest BCUT2D eigenvalue weighted by atomic mass is 9.98. The van der Waals surface area contributed by atoms with Crippen LogP contribution in [-0.4, -0.2) is 34.6 Å². The van der Waals surface area contributed by atoms with Gasteiger partial charge in [0.25, 0.3) is 0 Å². The maximum Gasteiger partial charge on any atom is 0.113 e. The molecule has 100 valence electrons. The molecule has 0 amide bonds. The molecule has 2 fully saturated rings. The average molecular weight is 286 g/mol. The third-order valence-electron chi connectivity index (χ3n) is 4.23. The van der Waals surface area contributed by atoms with Crippen LogP contribution in [0.1, 0.15) is 37.6 Å². The molecule has 0 aliphatic carbocycles. The molecule has 0 radical (unpaired) electrons. The second-order valence-electron chi connectivity index (χ2n) is 5.38. The molecule has 0 aromatic carbocycles. The van der Waals surface area contributed by atoms with Crippen LogP contribution in [0.3, 0.4) is 0 Å². The van der Waals surface area contributed by atoms with Crippen LogP contribution in [0.5, 0.6) is 0 Å². The van der Waals surface area contributed by atoms with E-state index in [2.05, 4.69) is 22.1 Å². The van der Waals surface area contributed by atoms with E-state index in [9.17, 15) is 0 Å². The number of nitrogens with one attached hydrogen (secondary N) is 1. The van der Waals surface area contributed by atoms with E-state index in [-0.39, 0.29) is 0 Å². The molecule has 1 aromatic rings. The summed E-state index contributed by atoms with van der Waals surface area (Å²) < 4.78 is 0.798. The molecular formula is C13H20ClN3S. The van der Waals surface area contributed by atoms with Crippen LogP contribution in [0.4, 0.5) is 0 Å². The number of thiazole rings is 1. The zero-order valence-electron chi connectivity index (χ0n) is 10.7. The molecule has 3 heterocycles. The van der Waals surface area contributed by atoms with Gasteiger partial charge >= 0.3 is 0 Å². The van der Waals surface area contributed by atoms with Gasteiger partial charge in [-0.2, -0.15) is 0 Å². The number of rotatable bonds is 4. The molecule has 3 rings (SSSR count). The highest BCUT2D eigenvalue weighted by Crippen LogP contribution is 2.31. The Labute approximate surface area is 118 Å². The van der Waals surface area contributed by atoms with Gasteiger partial charge in [0.1, 0.15) is 9.34 Å². The maximum atomic E-state index is 5.96. The summed E-state index contributed by atoms with van der Waals surface area (Å²) in [5.41, 5.74) is 0. The van der Waals surface area contributed by atoms with E-state index in [1.165, 1.54) is 25.7 Å². The molecule has 2 atom stereocenters. The first-order valence-electron chi connectivity index (χ1n) is 6.85.